The molecule has 2 N–H and O–H groups in total. The molecule has 3 aromatic rings. The number of para-hydroxylation sites is 1. The molecule has 0 atom stereocenters. The highest BCUT2D eigenvalue weighted by Gasteiger charge is 2.13. The van der Waals surface area contributed by atoms with Crippen molar-refractivity contribution in [1.29, 1.82) is 0 Å². The smallest absolute Gasteiger partial charge is 0.221 e. The maximum atomic E-state index is 11.4. The van der Waals surface area contributed by atoms with Crippen molar-refractivity contribution in [1.82, 2.24) is 4.98 Å². The van der Waals surface area contributed by atoms with Crippen LogP contribution in [0.3, 0.4) is 0 Å². The Morgan fingerprint density at radius 3 is 2.42 bits per heavy atom. The van der Waals surface area contributed by atoms with Crippen LogP contribution in [-0.2, 0) is 4.79 Å². The Bertz CT molecular complexity index is 729. The number of hydrogen-bond donors (Lipinski definition) is 2. The zero-order valence-electron chi connectivity index (χ0n) is 10.6. The molecule has 0 saturated carbocycles. The summed E-state index contributed by atoms with van der Waals surface area (Å²) in [7, 11) is 0. The molecule has 0 spiro atoms. The quantitative estimate of drug-likeness (QED) is 0.714. The third-order valence-electron chi connectivity index (χ3n) is 3.07. The van der Waals surface area contributed by atoms with E-state index < -0.39 is 0 Å². The normalized spacial score (nSPS) is 10.6. The van der Waals surface area contributed by atoms with E-state index in [0.717, 1.165) is 27.8 Å². The van der Waals surface area contributed by atoms with Gasteiger partial charge in [0.15, 0.2) is 0 Å². The van der Waals surface area contributed by atoms with Crippen LogP contribution in [-0.4, -0.2) is 10.9 Å². The molecule has 0 radical (unpaired) electrons. The highest BCUT2D eigenvalue weighted by Crippen LogP contribution is 2.34. The summed E-state index contributed by atoms with van der Waals surface area (Å²) in [5, 5.41) is 3.95. The molecular weight excluding hydrogens is 236 g/mol. The maximum absolute atomic E-state index is 11.4. The fourth-order valence-corrected chi connectivity index (χ4v) is 2.27. The van der Waals surface area contributed by atoms with Crippen molar-refractivity contribution < 1.29 is 4.79 Å². The summed E-state index contributed by atoms with van der Waals surface area (Å²) in [6, 6.07) is 17.9. The van der Waals surface area contributed by atoms with Gasteiger partial charge in [0.05, 0.1) is 11.4 Å². The van der Waals surface area contributed by atoms with Gasteiger partial charge >= 0.3 is 0 Å². The number of nitrogens with one attached hydrogen (secondary N) is 2. The zero-order chi connectivity index (χ0) is 13.2. The van der Waals surface area contributed by atoms with Gasteiger partial charge in [-0.3, -0.25) is 4.79 Å². The SMILES string of the molecule is CC(=O)Nc1c(-c2ccccc2)[nH]c2ccccc12. The second-order valence-electron chi connectivity index (χ2n) is 4.47. The lowest BCUT2D eigenvalue weighted by Gasteiger charge is -2.05. The Hall–Kier alpha value is -2.55. The molecule has 1 heterocycles. The first-order chi connectivity index (χ1) is 9.25. The lowest BCUT2D eigenvalue weighted by Crippen LogP contribution is -2.06. The number of anilines is 1. The predicted octanol–water partition coefficient (Wildman–Crippen LogP) is 3.79. The van der Waals surface area contributed by atoms with Gasteiger partial charge in [-0.05, 0) is 6.07 Å². The highest BCUT2D eigenvalue weighted by molar-refractivity contribution is 6.07. The van der Waals surface area contributed by atoms with Crippen LogP contribution in [0.5, 0.6) is 0 Å². The molecule has 0 unspecified atom stereocenters. The minimum absolute atomic E-state index is 0.0677. The number of aromatic nitrogens is 1. The summed E-state index contributed by atoms with van der Waals surface area (Å²) in [6.45, 7) is 1.52. The molecule has 3 heteroatoms. The topological polar surface area (TPSA) is 44.9 Å². The van der Waals surface area contributed by atoms with Gasteiger partial charge in [-0.25, -0.2) is 0 Å². The summed E-state index contributed by atoms with van der Waals surface area (Å²) >= 11 is 0. The number of H-pyrrole nitrogens is 1. The molecule has 0 aliphatic rings. The first kappa shape index (κ1) is 11.5. The van der Waals surface area contributed by atoms with E-state index in [4.69, 9.17) is 0 Å². The maximum Gasteiger partial charge on any atom is 0.221 e. The van der Waals surface area contributed by atoms with Gasteiger partial charge in [-0.1, -0.05) is 48.5 Å². The van der Waals surface area contributed by atoms with Crippen LogP contribution < -0.4 is 5.32 Å². The number of aromatic amines is 1. The molecule has 0 bridgehead atoms. The number of carbonyl (C=O) groups excluding carboxylic acids is 1. The lowest BCUT2D eigenvalue weighted by atomic mass is 10.1. The molecule has 3 rings (SSSR count). The van der Waals surface area contributed by atoms with E-state index in [1.807, 2.05) is 54.6 Å². The summed E-state index contributed by atoms with van der Waals surface area (Å²) in [5.74, 6) is -0.0677. The van der Waals surface area contributed by atoms with Crippen LogP contribution in [0.15, 0.2) is 54.6 Å². The monoisotopic (exact) mass is 250 g/mol. The first-order valence-corrected chi connectivity index (χ1v) is 6.19. The van der Waals surface area contributed by atoms with Gasteiger partial charge in [0.2, 0.25) is 5.91 Å². The summed E-state index contributed by atoms with van der Waals surface area (Å²) in [6.07, 6.45) is 0. The lowest BCUT2D eigenvalue weighted by molar-refractivity contribution is -0.114. The van der Waals surface area contributed by atoms with E-state index >= 15 is 0 Å². The van der Waals surface area contributed by atoms with Gasteiger partial charge < -0.3 is 10.3 Å². The molecule has 1 amide bonds. The number of hydrogen-bond acceptors (Lipinski definition) is 1. The molecule has 0 aliphatic carbocycles. The Labute approximate surface area is 111 Å². The van der Waals surface area contributed by atoms with Gasteiger partial charge in [0.25, 0.3) is 0 Å². The Morgan fingerprint density at radius 1 is 1.00 bits per heavy atom. The minimum atomic E-state index is -0.0677. The molecule has 94 valence electrons. The van der Waals surface area contributed by atoms with Gasteiger partial charge in [-0.2, -0.15) is 0 Å². The van der Waals surface area contributed by atoms with Crippen LogP contribution in [0.1, 0.15) is 6.92 Å². The molecule has 19 heavy (non-hydrogen) atoms. The number of rotatable bonds is 2. The summed E-state index contributed by atoms with van der Waals surface area (Å²) in [4.78, 5) is 14.8. The fourth-order valence-electron chi connectivity index (χ4n) is 2.27. The van der Waals surface area contributed by atoms with Crippen LogP contribution in [0.2, 0.25) is 0 Å². The van der Waals surface area contributed by atoms with Crippen LogP contribution in [0.25, 0.3) is 22.2 Å². The van der Waals surface area contributed by atoms with E-state index in [0.29, 0.717) is 0 Å². The van der Waals surface area contributed by atoms with E-state index in [2.05, 4.69) is 10.3 Å². The van der Waals surface area contributed by atoms with E-state index in [-0.39, 0.29) is 5.91 Å². The highest BCUT2D eigenvalue weighted by atomic mass is 16.1. The Balaban J connectivity index is 2.26. The summed E-state index contributed by atoms with van der Waals surface area (Å²) < 4.78 is 0. The Morgan fingerprint density at radius 2 is 1.68 bits per heavy atom. The van der Waals surface area contributed by atoms with Crippen LogP contribution in [0, 0.1) is 0 Å². The van der Waals surface area contributed by atoms with Crippen LogP contribution >= 0.6 is 0 Å². The molecular formula is C16H14N2O. The summed E-state index contributed by atoms with van der Waals surface area (Å²) in [5.41, 5.74) is 3.86. The van der Waals surface area contributed by atoms with Crippen molar-refractivity contribution in [2.24, 2.45) is 0 Å². The minimum Gasteiger partial charge on any atom is -0.353 e. The van der Waals surface area contributed by atoms with Crippen LogP contribution in [0.4, 0.5) is 5.69 Å². The molecule has 2 aromatic carbocycles. The molecule has 0 fully saturated rings. The van der Waals surface area contributed by atoms with Gasteiger partial charge in [0.1, 0.15) is 0 Å². The van der Waals surface area contributed by atoms with E-state index in [1.54, 1.807) is 0 Å². The largest absolute Gasteiger partial charge is 0.353 e. The molecule has 1 aromatic heterocycles. The van der Waals surface area contributed by atoms with Gasteiger partial charge in [-0.15, -0.1) is 0 Å². The molecule has 0 aliphatic heterocycles. The number of amides is 1. The first-order valence-electron chi connectivity index (χ1n) is 6.19. The van der Waals surface area contributed by atoms with E-state index in [9.17, 15) is 4.79 Å². The average molecular weight is 250 g/mol. The second-order valence-corrected chi connectivity index (χ2v) is 4.47. The number of fused-ring (bicyclic) bond motifs is 1. The van der Waals surface area contributed by atoms with Crippen molar-refractivity contribution in [2.75, 3.05) is 5.32 Å². The average Bonchev–Trinajstić information content (AvgIpc) is 2.78. The van der Waals surface area contributed by atoms with Gasteiger partial charge in [0, 0.05) is 23.4 Å². The Kier molecular flexibility index (Phi) is 2.80. The van der Waals surface area contributed by atoms with Crippen molar-refractivity contribution >= 4 is 22.5 Å². The second kappa shape index (κ2) is 4.61. The zero-order valence-corrected chi connectivity index (χ0v) is 10.6. The van der Waals surface area contributed by atoms with Crippen molar-refractivity contribution in [3.63, 3.8) is 0 Å². The predicted molar refractivity (Wildman–Crippen MR) is 78.0 cm³/mol. The fraction of sp³-hybridized carbons (Fsp3) is 0.0625. The molecule has 3 nitrogen and oxygen atoms in total. The van der Waals surface area contributed by atoms with Crippen molar-refractivity contribution in [3.05, 3.63) is 54.6 Å². The third-order valence-corrected chi connectivity index (χ3v) is 3.07. The standard InChI is InChI=1S/C16H14N2O/c1-11(19)17-16-13-9-5-6-10-14(13)18-15(16)12-7-3-2-4-8-12/h2-10,18H,1H3,(H,17,19). The number of benzene rings is 2. The van der Waals surface area contributed by atoms with Crippen molar-refractivity contribution in [2.45, 2.75) is 6.92 Å². The number of carbonyl (C=O) groups is 1. The van der Waals surface area contributed by atoms with E-state index in [1.165, 1.54) is 6.92 Å². The van der Waals surface area contributed by atoms with Crippen molar-refractivity contribution in [3.8, 4) is 11.3 Å². The molecule has 0 saturated heterocycles. The third kappa shape index (κ3) is 2.10.